The lowest BCUT2D eigenvalue weighted by atomic mass is 10.5. The average Bonchev–Trinajstić information content (AvgIpc) is 2.20. The van der Waals surface area contributed by atoms with E-state index in [2.05, 4.69) is 9.47 Å². The van der Waals surface area contributed by atoms with Crippen molar-refractivity contribution in [1.82, 2.24) is 0 Å². The predicted molar refractivity (Wildman–Crippen MR) is 33.2 cm³/mol. The minimum Gasteiger partial charge on any atom is -0.430 e. The highest BCUT2D eigenvalue weighted by Gasteiger charge is 2.19. The topological polar surface area (TPSA) is 35.5 Å². The number of hydrogen-bond donors (Lipinski definition) is 0. The van der Waals surface area contributed by atoms with Crippen molar-refractivity contribution in [2.75, 3.05) is 6.61 Å². The van der Waals surface area contributed by atoms with Crippen molar-refractivity contribution in [3.05, 3.63) is 0 Å². The van der Waals surface area contributed by atoms with Crippen molar-refractivity contribution in [1.29, 1.82) is 0 Å². The highest BCUT2D eigenvalue weighted by molar-refractivity contribution is 5.61. The minimum atomic E-state index is -0.549. The zero-order valence-electron chi connectivity index (χ0n) is 6.01. The summed E-state index contributed by atoms with van der Waals surface area (Å²) >= 11 is 0. The number of hydrogen-bond acceptors (Lipinski definition) is 3. The van der Waals surface area contributed by atoms with Gasteiger partial charge in [-0.25, -0.2) is 4.79 Å². The van der Waals surface area contributed by atoms with Crippen LogP contribution in [-0.4, -0.2) is 18.9 Å². The van der Waals surface area contributed by atoms with Crippen LogP contribution in [0.2, 0.25) is 0 Å². The maximum atomic E-state index is 10.0. The summed E-state index contributed by atoms with van der Waals surface area (Å²) in [7, 11) is 0. The average molecular weight is 132 g/mol. The van der Waals surface area contributed by atoms with Gasteiger partial charge in [0.15, 0.2) is 0 Å². The van der Waals surface area contributed by atoms with Crippen LogP contribution < -0.4 is 0 Å². The molecule has 1 atom stereocenters. The maximum absolute atomic E-state index is 10.0. The van der Waals surface area contributed by atoms with E-state index in [1.54, 1.807) is 6.92 Å². The molecule has 1 fully saturated rings. The molecule has 0 amide bonds. The van der Waals surface area contributed by atoms with Crippen LogP contribution in [0, 0.1) is 0 Å². The number of rotatable bonds is 0. The molecule has 0 aromatic heterocycles. The van der Waals surface area contributed by atoms with E-state index < -0.39 is 6.16 Å². The highest BCUT2D eigenvalue weighted by Crippen LogP contribution is 2.02. The SMILES string of the molecule is CC.CC1COC(=O)O1. The molecule has 1 rings (SSSR count). The van der Waals surface area contributed by atoms with Gasteiger partial charge in [-0.3, -0.25) is 0 Å². The number of carbonyl (C=O) groups is 1. The Hall–Kier alpha value is -0.730. The Labute approximate surface area is 55.0 Å². The molecule has 0 spiro atoms. The van der Waals surface area contributed by atoms with Crippen molar-refractivity contribution in [3.8, 4) is 0 Å². The molecule has 0 aromatic rings. The Morgan fingerprint density at radius 3 is 2.22 bits per heavy atom. The first-order valence-corrected chi connectivity index (χ1v) is 3.12. The van der Waals surface area contributed by atoms with Gasteiger partial charge in [0.1, 0.15) is 12.7 Å². The highest BCUT2D eigenvalue weighted by atomic mass is 16.8. The second-order valence-electron chi connectivity index (χ2n) is 1.49. The van der Waals surface area contributed by atoms with Gasteiger partial charge < -0.3 is 9.47 Å². The molecule has 54 valence electrons. The van der Waals surface area contributed by atoms with Crippen molar-refractivity contribution < 1.29 is 14.3 Å². The van der Waals surface area contributed by atoms with E-state index in [9.17, 15) is 4.79 Å². The fourth-order valence-electron chi connectivity index (χ4n) is 0.418. The van der Waals surface area contributed by atoms with E-state index >= 15 is 0 Å². The summed E-state index contributed by atoms with van der Waals surface area (Å²) in [5.41, 5.74) is 0. The van der Waals surface area contributed by atoms with Crippen LogP contribution in [0.3, 0.4) is 0 Å². The van der Waals surface area contributed by atoms with E-state index in [0.717, 1.165) is 0 Å². The molecule has 1 aliphatic heterocycles. The molecule has 3 nitrogen and oxygen atoms in total. The Balaban J connectivity index is 0.000000291. The van der Waals surface area contributed by atoms with Gasteiger partial charge in [-0.2, -0.15) is 0 Å². The molecule has 1 unspecified atom stereocenters. The van der Waals surface area contributed by atoms with Gasteiger partial charge in [-0.1, -0.05) is 13.8 Å². The Bertz CT molecular complexity index is 90.3. The number of carbonyl (C=O) groups excluding carboxylic acids is 1. The van der Waals surface area contributed by atoms with E-state index in [1.807, 2.05) is 13.8 Å². The van der Waals surface area contributed by atoms with E-state index in [1.165, 1.54) is 0 Å². The quantitative estimate of drug-likeness (QED) is 0.469. The summed E-state index contributed by atoms with van der Waals surface area (Å²) in [4.78, 5) is 10.0. The van der Waals surface area contributed by atoms with Crippen LogP contribution in [0.1, 0.15) is 20.8 Å². The lowest BCUT2D eigenvalue weighted by Gasteiger charge is -1.90. The molecule has 0 saturated carbocycles. The fraction of sp³-hybridized carbons (Fsp3) is 0.833. The van der Waals surface area contributed by atoms with Crippen molar-refractivity contribution >= 4 is 6.16 Å². The summed E-state index contributed by atoms with van der Waals surface area (Å²) in [5, 5.41) is 0. The second kappa shape index (κ2) is 4.18. The molecular weight excluding hydrogens is 120 g/mol. The molecular formula is C6H12O3. The van der Waals surface area contributed by atoms with Crippen LogP contribution in [0.4, 0.5) is 4.79 Å². The Morgan fingerprint density at radius 1 is 1.56 bits per heavy atom. The normalized spacial score (nSPS) is 23.4. The maximum Gasteiger partial charge on any atom is 0.508 e. The van der Waals surface area contributed by atoms with Gasteiger partial charge in [0.25, 0.3) is 0 Å². The number of ether oxygens (including phenoxy) is 2. The van der Waals surface area contributed by atoms with Crippen LogP contribution in [0.5, 0.6) is 0 Å². The van der Waals surface area contributed by atoms with Crippen LogP contribution >= 0.6 is 0 Å². The van der Waals surface area contributed by atoms with Crippen molar-refractivity contribution in [3.63, 3.8) is 0 Å². The molecule has 1 heterocycles. The molecule has 1 saturated heterocycles. The standard InChI is InChI=1S/C4H6O3.C2H6/c1-3-2-6-4(5)7-3;1-2/h3H,2H2,1H3;1-2H3. The largest absolute Gasteiger partial charge is 0.508 e. The zero-order valence-corrected chi connectivity index (χ0v) is 6.01. The molecule has 1 aliphatic rings. The van der Waals surface area contributed by atoms with Crippen molar-refractivity contribution in [2.24, 2.45) is 0 Å². The molecule has 0 aromatic carbocycles. The third-order valence-corrected chi connectivity index (χ3v) is 0.733. The summed E-state index contributed by atoms with van der Waals surface area (Å²) in [6.07, 6.45) is -0.597. The van der Waals surface area contributed by atoms with Gasteiger partial charge in [-0.15, -0.1) is 0 Å². The first kappa shape index (κ1) is 8.27. The Morgan fingerprint density at radius 2 is 2.11 bits per heavy atom. The molecule has 3 heteroatoms. The minimum absolute atomic E-state index is 0.0486. The summed E-state index contributed by atoms with van der Waals surface area (Å²) in [6.45, 7) is 6.18. The van der Waals surface area contributed by atoms with Gasteiger partial charge >= 0.3 is 6.16 Å². The van der Waals surface area contributed by atoms with Crippen LogP contribution in [-0.2, 0) is 9.47 Å². The lowest BCUT2D eigenvalue weighted by molar-refractivity contribution is 0.121. The lowest BCUT2D eigenvalue weighted by Crippen LogP contribution is -2.01. The van der Waals surface area contributed by atoms with Crippen LogP contribution in [0.15, 0.2) is 0 Å². The molecule has 0 N–H and O–H groups in total. The summed E-state index contributed by atoms with van der Waals surface area (Å²) in [5.74, 6) is 0. The molecule has 0 radical (unpaired) electrons. The summed E-state index contributed by atoms with van der Waals surface area (Å²) in [6, 6.07) is 0. The van der Waals surface area contributed by atoms with Crippen molar-refractivity contribution in [2.45, 2.75) is 26.9 Å². The summed E-state index contributed by atoms with van der Waals surface area (Å²) < 4.78 is 8.90. The van der Waals surface area contributed by atoms with E-state index in [-0.39, 0.29) is 6.10 Å². The third-order valence-electron chi connectivity index (χ3n) is 0.733. The first-order chi connectivity index (χ1) is 4.29. The second-order valence-corrected chi connectivity index (χ2v) is 1.49. The number of cyclic esters (lactones) is 2. The monoisotopic (exact) mass is 132 g/mol. The van der Waals surface area contributed by atoms with Gasteiger partial charge in [0, 0.05) is 0 Å². The molecule has 0 bridgehead atoms. The third kappa shape index (κ3) is 2.95. The molecule has 0 aliphatic carbocycles. The molecule has 9 heavy (non-hydrogen) atoms. The van der Waals surface area contributed by atoms with Gasteiger partial charge in [-0.05, 0) is 6.92 Å². The van der Waals surface area contributed by atoms with Gasteiger partial charge in [0.05, 0.1) is 0 Å². The van der Waals surface area contributed by atoms with E-state index in [0.29, 0.717) is 6.61 Å². The van der Waals surface area contributed by atoms with E-state index in [4.69, 9.17) is 0 Å². The first-order valence-electron chi connectivity index (χ1n) is 3.12. The zero-order chi connectivity index (χ0) is 7.28. The fourth-order valence-corrected chi connectivity index (χ4v) is 0.418. The smallest absolute Gasteiger partial charge is 0.430 e. The van der Waals surface area contributed by atoms with Gasteiger partial charge in [0.2, 0.25) is 0 Å². The van der Waals surface area contributed by atoms with Crippen LogP contribution in [0.25, 0.3) is 0 Å². The Kier molecular flexibility index (Phi) is 3.84. The predicted octanol–water partition coefficient (Wildman–Crippen LogP) is 1.57.